The van der Waals surface area contributed by atoms with Crippen molar-refractivity contribution in [3.63, 3.8) is 0 Å². The number of hydrogen-bond acceptors (Lipinski definition) is 1. The molecular weight excluding hydrogens is 210 g/mol. The van der Waals surface area contributed by atoms with E-state index in [-0.39, 0.29) is 5.92 Å². The molecule has 1 amide bonds. The molecule has 0 radical (unpaired) electrons. The fourth-order valence-electron chi connectivity index (χ4n) is 2.39. The minimum absolute atomic E-state index is 0.121. The van der Waals surface area contributed by atoms with Crippen molar-refractivity contribution in [2.75, 3.05) is 6.54 Å². The molecule has 100 valence electrons. The summed E-state index contributed by atoms with van der Waals surface area (Å²) in [5.74, 6) is 1.23. The average Bonchev–Trinajstić information content (AvgIpc) is 2.93. The van der Waals surface area contributed by atoms with Crippen LogP contribution in [0, 0.1) is 17.3 Å². The van der Waals surface area contributed by atoms with Gasteiger partial charge in [-0.25, -0.2) is 0 Å². The van der Waals surface area contributed by atoms with Crippen LogP contribution in [0.25, 0.3) is 0 Å². The number of hydrogen-bond donors (Lipinski definition) is 0. The van der Waals surface area contributed by atoms with Crippen LogP contribution < -0.4 is 0 Å². The molecule has 0 saturated heterocycles. The lowest BCUT2D eigenvalue weighted by atomic mass is 9.87. The van der Waals surface area contributed by atoms with Gasteiger partial charge in [0.15, 0.2) is 0 Å². The summed E-state index contributed by atoms with van der Waals surface area (Å²) >= 11 is 0. The molecule has 0 spiro atoms. The highest BCUT2D eigenvalue weighted by Gasteiger charge is 2.31. The fourth-order valence-corrected chi connectivity index (χ4v) is 2.39. The van der Waals surface area contributed by atoms with Crippen molar-refractivity contribution in [2.24, 2.45) is 17.3 Å². The van der Waals surface area contributed by atoms with Crippen LogP contribution in [-0.2, 0) is 4.79 Å². The van der Waals surface area contributed by atoms with Crippen LogP contribution in [0.3, 0.4) is 0 Å². The van der Waals surface area contributed by atoms with E-state index in [1.165, 1.54) is 12.8 Å². The molecule has 1 fully saturated rings. The maximum atomic E-state index is 12.3. The third-order valence-corrected chi connectivity index (χ3v) is 3.37. The predicted octanol–water partition coefficient (Wildman–Crippen LogP) is 3.71. The van der Waals surface area contributed by atoms with Crippen LogP contribution in [-0.4, -0.2) is 23.4 Å². The van der Waals surface area contributed by atoms with E-state index in [0.717, 1.165) is 18.9 Å². The molecule has 1 atom stereocenters. The molecule has 0 aliphatic heterocycles. The summed E-state index contributed by atoms with van der Waals surface area (Å²) < 4.78 is 0. The number of amides is 1. The molecule has 1 aliphatic carbocycles. The third-order valence-electron chi connectivity index (χ3n) is 3.37. The Balaban J connectivity index is 2.63. The third kappa shape index (κ3) is 5.10. The molecule has 0 bridgehead atoms. The number of rotatable bonds is 5. The maximum absolute atomic E-state index is 12.3. The molecular formula is C15H29NO. The van der Waals surface area contributed by atoms with E-state index < -0.39 is 0 Å². The minimum Gasteiger partial charge on any atom is -0.339 e. The van der Waals surface area contributed by atoms with Gasteiger partial charge in [0.05, 0.1) is 0 Å². The first-order valence-corrected chi connectivity index (χ1v) is 7.01. The smallest absolute Gasteiger partial charge is 0.225 e. The second-order valence-electron chi connectivity index (χ2n) is 7.20. The lowest BCUT2D eigenvalue weighted by Gasteiger charge is -2.34. The molecule has 0 heterocycles. The largest absolute Gasteiger partial charge is 0.339 e. The van der Waals surface area contributed by atoms with Crippen LogP contribution in [0.5, 0.6) is 0 Å². The van der Waals surface area contributed by atoms with E-state index in [4.69, 9.17) is 0 Å². The zero-order valence-electron chi connectivity index (χ0n) is 12.4. The molecule has 17 heavy (non-hydrogen) atoms. The van der Waals surface area contributed by atoms with Gasteiger partial charge in [-0.15, -0.1) is 0 Å². The van der Waals surface area contributed by atoms with E-state index >= 15 is 0 Å². The van der Waals surface area contributed by atoms with Gasteiger partial charge in [0.25, 0.3) is 0 Å². The van der Waals surface area contributed by atoms with Gasteiger partial charge in [-0.2, -0.15) is 0 Å². The summed E-state index contributed by atoms with van der Waals surface area (Å²) in [5, 5.41) is 0. The summed E-state index contributed by atoms with van der Waals surface area (Å²) in [6, 6.07) is 0.366. The summed E-state index contributed by atoms with van der Waals surface area (Å²) in [6.45, 7) is 13.9. The molecule has 1 aliphatic rings. The van der Waals surface area contributed by atoms with Gasteiger partial charge < -0.3 is 4.90 Å². The molecule has 1 rings (SSSR count). The Morgan fingerprint density at radius 2 is 1.76 bits per heavy atom. The molecule has 0 aromatic rings. The quantitative estimate of drug-likeness (QED) is 0.716. The Bertz CT molecular complexity index is 261. The van der Waals surface area contributed by atoms with Crippen molar-refractivity contribution in [1.82, 2.24) is 4.90 Å². The van der Waals surface area contributed by atoms with Crippen molar-refractivity contribution in [2.45, 2.75) is 66.8 Å². The number of carbonyl (C=O) groups is 1. The van der Waals surface area contributed by atoms with Gasteiger partial charge in [0.1, 0.15) is 0 Å². The van der Waals surface area contributed by atoms with Gasteiger partial charge in [-0.05, 0) is 37.5 Å². The van der Waals surface area contributed by atoms with Gasteiger partial charge >= 0.3 is 0 Å². The zero-order chi connectivity index (χ0) is 13.2. The SMILES string of the molecule is CC(C)C(=O)N(CC1CC1)[C@H](C)CC(C)(C)C. The van der Waals surface area contributed by atoms with Crippen LogP contribution in [0.1, 0.15) is 60.8 Å². The van der Waals surface area contributed by atoms with Gasteiger partial charge in [0.2, 0.25) is 5.91 Å². The van der Waals surface area contributed by atoms with Crippen LogP contribution in [0.4, 0.5) is 0 Å². The van der Waals surface area contributed by atoms with E-state index in [9.17, 15) is 4.79 Å². The van der Waals surface area contributed by atoms with E-state index in [2.05, 4.69) is 32.6 Å². The average molecular weight is 239 g/mol. The summed E-state index contributed by atoms with van der Waals surface area (Å²) in [6.07, 6.45) is 3.70. The summed E-state index contributed by atoms with van der Waals surface area (Å²) in [7, 11) is 0. The van der Waals surface area contributed by atoms with E-state index in [1.54, 1.807) is 0 Å². The van der Waals surface area contributed by atoms with Crippen molar-refractivity contribution >= 4 is 5.91 Å². The molecule has 0 unspecified atom stereocenters. The van der Waals surface area contributed by atoms with Gasteiger partial charge in [-0.1, -0.05) is 34.6 Å². The monoisotopic (exact) mass is 239 g/mol. The molecule has 0 aromatic heterocycles. The van der Waals surface area contributed by atoms with Gasteiger partial charge in [0, 0.05) is 18.5 Å². The normalized spacial score (nSPS) is 18.3. The van der Waals surface area contributed by atoms with Crippen LogP contribution in [0.15, 0.2) is 0 Å². The standard InChI is InChI=1S/C15H29NO/c1-11(2)14(17)16(10-13-7-8-13)12(3)9-15(4,5)6/h11-13H,7-10H2,1-6H3/t12-/m1/s1. The first-order chi connectivity index (χ1) is 7.70. The number of nitrogens with zero attached hydrogens (tertiary/aromatic N) is 1. The van der Waals surface area contributed by atoms with Crippen LogP contribution in [0.2, 0.25) is 0 Å². The number of carbonyl (C=O) groups excluding carboxylic acids is 1. The molecule has 0 N–H and O–H groups in total. The Labute approximate surface area is 107 Å². The molecule has 0 aromatic carbocycles. The Hall–Kier alpha value is -0.530. The zero-order valence-corrected chi connectivity index (χ0v) is 12.4. The first-order valence-electron chi connectivity index (χ1n) is 7.01. The minimum atomic E-state index is 0.121. The Morgan fingerprint density at radius 1 is 1.24 bits per heavy atom. The second kappa shape index (κ2) is 5.41. The van der Waals surface area contributed by atoms with Crippen molar-refractivity contribution in [3.05, 3.63) is 0 Å². The maximum Gasteiger partial charge on any atom is 0.225 e. The Kier molecular flexibility index (Phi) is 4.62. The Morgan fingerprint density at radius 3 is 2.12 bits per heavy atom. The van der Waals surface area contributed by atoms with Crippen molar-refractivity contribution < 1.29 is 4.79 Å². The van der Waals surface area contributed by atoms with Gasteiger partial charge in [-0.3, -0.25) is 4.79 Å². The fraction of sp³-hybridized carbons (Fsp3) is 0.933. The summed E-state index contributed by atoms with van der Waals surface area (Å²) in [5.41, 5.74) is 0.290. The lowest BCUT2D eigenvalue weighted by molar-refractivity contribution is -0.137. The molecule has 2 heteroatoms. The highest BCUT2D eigenvalue weighted by Crippen LogP contribution is 2.32. The second-order valence-corrected chi connectivity index (χ2v) is 7.20. The van der Waals surface area contributed by atoms with Crippen molar-refractivity contribution in [3.8, 4) is 0 Å². The molecule has 2 nitrogen and oxygen atoms in total. The van der Waals surface area contributed by atoms with E-state index in [0.29, 0.717) is 17.4 Å². The van der Waals surface area contributed by atoms with E-state index in [1.807, 2.05) is 13.8 Å². The topological polar surface area (TPSA) is 20.3 Å². The first kappa shape index (κ1) is 14.5. The van der Waals surface area contributed by atoms with Crippen molar-refractivity contribution in [1.29, 1.82) is 0 Å². The predicted molar refractivity (Wildman–Crippen MR) is 72.8 cm³/mol. The van der Waals surface area contributed by atoms with Crippen LogP contribution >= 0.6 is 0 Å². The highest BCUT2D eigenvalue weighted by atomic mass is 16.2. The highest BCUT2D eigenvalue weighted by molar-refractivity contribution is 5.78. The lowest BCUT2D eigenvalue weighted by Crippen LogP contribution is -2.43. The summed E-state index contributed by atoms with van der Waals surface area (Å²) in [4.78, 5) is 14.4. The molecule has 1 saturated carbocycles.